The molecule has 7 nitrogen and oxygen atoms in total. The van der Waals surface area contributed by atoms with Gasteiger partial charge >= 0.3 is 23.9 Å². The van der Waals surface area contributed by atoms with E-state index in [1.807, 2.05) is 48.5 Å². The molecule has 5 rings (SSSR count). The van der Waals surface area contributed by atoms with Crippen LogP contribution in [0, 0.1) is 11.8 Å². The quantitative estimate of drug-likeness (QED) is 0.0806. The Morgan fingerprint density at radius 3 is 1.68 bits per heavy atom. The first kappa shape index (κ1) is 34.8. The van der Waals surface area contributed by atoms with E-state index in [1.54, 1.807) is 0 Å². The summed E-state index contributed by atoms with van der Waals surface area (Å²) in [6.07, 6.45) is 21.2. The Morgan fingerprint density at radius 2 is 1.13 bits per heavy atom. The molecule has 2 aromatic carbocycles. The molecule has 0 spiro atoms. The standard InChI is InChI=1S/C40H52O7/c1-2-3-4-5-6-7-8-9-10-11-12-13-14-15-16-19-26-45-29-24-22-28(23-25-29)34-35(32-27-33(41)46-38(32)42)30-20-17-18-21-31(30)36-37(34)40(44)47-39(36)43/h17-18,20-25,32,34-37H,2-16,19,26-27H2,1H3. The molecule has 0 amide bonds. The van der Waals surface area contributed by atoms with Crippen LogP contribution in [0.5, 0.6) is 5.75 Å². The number of cyclic esters (lactones) is 4. The van der Waals surface area contributed by atoms with Gasteiger partial charge in [0, 0.05) is 11.8 Å². The number of carbonyl (C=O) groups excluding carboxylic acids is 4. The maximum Gasteiger partial charge on any atom is 0.321 e. The summed E-state index contributed by atoms with van der Waals surface area (Å²) in [7, 11) is 0. The molecule has 0 N–H and O–H groups in total. The Bertz CT molecular complexity index is 1350. The monoisotopic (exact) mass is 644 g/mol. The maximum atomic E-state index is 13.1. The van der Waals surface area contributed by atoms with Crippen molar-refractivity contribution in [3.05, 3.63) is 65.2 Å². The van der Waals surface area contributed by atoms with E-state index in [1.165, 1.54) is 89.9 Å². The summed E-state index contributed by atoms with van der Waals surface area (Å²) in [5, 5.41) is 0. The number of esters is 4. The van der Waals surface area contributed by atoms with E-state index in [0.717, 1.165) is 29.7 Å². The van der Waals surface area contributed by atoms with Gasteiger partial charge in [0.25, 0.3) is 0 Å². The van der Waals surface area contributed by atoms with Crippen LogP contribution in [-0.4, -0.2) is 30.5 Å². The molecule has 3 aliphatic rings. The number of fused-ring (bicyclic) bond motifs is 3. The molecule has 0 bridgehead atoms. The van der Waals surface area contributed by atoms with Crippen molar-refractivity contribution < 1.29 is 33.4 Å². The number of benzene rings is 2. The van der Waals surface area contributed by atoms with Crippen molar-refractivity contribution in [2.45, 2.75) is 134 Å². The van der Waals surface area contributed by atoms with E-state index in [-0.39, 0.29) is 6.42 Å². The lowest BCUT2D eigenvalue weighted by molar-refractivity contribution is -0.155. The summed E-state index contributed by atoms with van der Waals surface area (Å²) in [5.74, 6) is -4.92. The van der Waals surface area contributed by atoms with Gasteiger partial charge in [0.15, 0.2) is 0 Å². The van der Waals surface area contributed by atoms with Crippen LogP contribution in [0.25, 0.3) is 0 Å². The first-order valence-electron chi connectivity index (χ1n) is 18.3. The molecule has 2 aromatic rings. The fraction of sp³-hybridized carbons (Fsp3) is 0.600. The van der Waals surface area contributed by atoms with Crippen LogP contribution in [-0.2, 0) is 28.7 Å². The average Bonchev–Trinajstić information content (AvgIpc) is 3.57. The largest absolute Gasteiger partial charge is 0.494 e. The molecule has 2 saturated heterocycles. The second-order valence-corrected chi connectivity index (χ2v) is 13.7. The minimum absolute atomic E-state index is 0.0603. The first-order chi connectivity index (χ1) is 23.0. The predicted octanol–water partition coefficient (Wildman–Crippen LogP) is 9.08. The topological polar surface area (TPSA) is 96.0 Å². The Morgan fingerprint density at radius 1 is 0.574 bits per heavy atom. The van der Waals surface area contributed by atoms with Crippen molar-refractivity contribution in [2.24, 2.45) is 11.8 Å². The number of carbonyl (C=O) groups is 4. The van der Waals surface area contributed by atoms with Gasteiger partial charge in [-0.15, -0.1) is 0 Å². The van der Waals surface area contributed by atoms with Gasteiger partial charge in [-0.3, -0.25) is 19.2 Å². The molecule has 2 heterocycles. The van der Waals surface area contributed by atoms with Crippen LogP contribution in [0.4, 0.5) is 0 Å². The summed E-state index contributed by atoms with van der Waals surface area (Å²) >= 11 is 0. The van der Waals surface area contributed by atoms with Crippen molar-refractivity contribution in [2.75, 3.05) is 6.61 Å². The van der Waals surface area contributed by atoms with Crippen LogP contribution in [0.1, 0.15) is 151 Å². The summed E-state index contributed by atoms with van der Waals surface area (Å²) in [6.45, 7) is 2.91. The first-order valence-corrected chi connectivity index (χ1v) is 18.3. The van der Waals surface area contributed by atoms with Crippen molar-refractivity contribution in [3.63, 3.8) is 0 Å². The van der Waals surface area contributed by atoms with E-state index in [0.29, 0.717) is 12.2 Å². The van der Waals surface area contributed by atoms with E-state index in [9.17, 15) is 19.2 Å². The number of ether oxygens (including phenoxy) is 3. The lowest BCUT2D eigenvalue weighted by Gasteiger charge is -2.40. The molecule has 47 heavy (non-hydrogen) atoms. The molecule has 5 atom stereocenters. The summed E-state index contributed by atoms with van der Waals surface area (Å²) in [6, 6.07) is 14.9. The van der Waals surface area contributed by atoms with Crippen molar-refractivity contribution >= 4 is 23.9 Å². The van der Waals surface area contributed by atoms with Crippen LogP contribution < -0.4 is 4.74 Å². The zero-order chi connectivity index (χ0) is 33.0. The molecule has 2 fully saturated rings. The molecule has 0 saturated carbocycles. The highest BCUT2D eigenvalue weighted by molar-refractivity contribution is 6.02. The Hall–Kier alpha value is -3.48. The van der Waals surface area contributed by atoms with Gasteiger partial charge in [0.05, 0.1) is 30.8 Å². The lowest BCUT2D eigenvalue weighted by Crippen LogP contribution is -2.38. The molecular formula is C40H52O7. The Kier molecular flexibility index (Phi) is 13.1. The van der Waals surface area contributed by atoms with Crippen LogP contribution >= 0.6 is 0 Å². The van der Waals surface area contributed by atoms with E-state index in [4.69, 9.17) is 14.2 Å². The summed E-state index contributed by atoms with van der Waals surface area (Å²) < 4.78 is 16.1. The van der Waals surface area contributed by atoms with Crippen molar-refractivity contribution in [1.29, 1.82) is 0 Å². The van der Waals surface area contributed by atoms with Gasteiger partial charge in [-0.25, -0.2) is 0 Å². The zero-order valence-corrected chi connectivity index (χ0v) is 28.1. The third kappa shape index (κ3) is 8.91. The normalized spacial score (nSPS) is 23.4. The number of hydrogen-bond donors (Lipinski definition) is 0. The van der Waals surface area contributed by atoms with Crippen molar-refractivity contribution in [3.8, 4) is 5.75 Å². The van der Waals surface area contributed by atoms with Crippen LogP contribution in [0.15, 0.2) is 48.5 Å². The zero-order valence-electron chi connectivity index (χ0n) is 28.1. The van der Waals surface area contributed by atoms with Crippen LogP contribution in [0.3, 0.4) is 0 Å². The average molecular weight is 645 g/mol. The fourth-order valence-corrected chi connectivity index (χ4v) is 7.98. The second-order valence-electron chi connectivity index (χ2n) is 13.7. The number of rotatable bonds is 20. The summed E-state index contributed by atoms with van der Waals surface area (Å²) in [4.78, 5) is 51.0. The van der Waals surface area contributed by atoms with Gasteiger partial charge in [-0.05, 0) is 35.2 Å². The Balaban J connectivity index is 1.07. The molecule has 0 aromatic heterocycles. The highest BCUT2D eigenvalue weighted by Crippen LogP contribution is 2.58. The number of unbranched alkanes of at least 4 members (excludes halogenated alkanes) is 15. The lowest BCUT2D eigenvalue weighted by atomic mass is 9.59. The molecule has 7 heteroatoms. The molecule has 0 radical (unpaired) electrons. The van der Waals surface area contributed by atoms with Crippen LogP contribution in [0.2, 0.25) is 0 Å². The van der Waals surface area contributed by atoms with Gasteiger partial charge in [0.1, 0.15) is 5.75 Å². The molecule has 5 unspecified atom stereocenters. The number of hydrogen-bond acceptors (Lipinski definition) is 7. The highest BCUT2D eigenvalue weighted by atomic mass is 16.6. The molecule has 1 aliphatic carbocycles. The van der Waals surface area contributed by atoms with E-state index < -0.39 is 53.5 Å². The van der Waals surface area contributed by atoms with E-state index in [2.05, 4.69) is 6.92 Å². The third-order valence-electron chi connectivity index (χ3n) is 10.4. The Labute approximate surface area is 280 Å². The smallest absolute Gasteiger partial charge is 0.321 e. The minimum Gasteiger partial charge on any atom is -0.494 e. The van der Waals surface area contributed by atoms with Gasteiger partial charge in [-0.2, -0.15) is 0 Å². The van der Waals surface area contributed by atoms with Gasteiger partial charge < -0.3 is 14.2 Å². The third-order valence-corrected chi connectivity index (χ3v) is 10.4. The fourth-order valence-electron chi connectivity index (χ4n) is 7.98. The highest BCUT2D eigenvalue weighted by Gasteiger charge is 2.59. The second kappa shape index (κ2) is 17.6. The minimum atomic E-state index is -0.789. The predicted molar refractivity (Wildman–Crippen MR) is 180 cm³/mol. The maximum absolute atomic E-state index is 13.1. The molecular weight excluding hydrogens is 592 g/mol. The molecule has 254 valence electrons. The molecule has 2 aliphatic heterocycles. The summed E-state index contributed by atoms with van der Waals surface area (Å²) in [5.41, 5.74) is 2.26. The van der Waals surface area contributed by atoms with Gasteiger partial charge in [-0.1, -0.05) is 140 Å². The van der Waals surface area contributed by atoms with E-state index >= 15 is 0 Å². The van der Waals surface area contributed by atoms with Gasteiger partial charge in [0.2, 0.25) is 0 Å². The SMILES string of the molecule is CCCCCCCCCCCCCCCCCCOc1ccc(C2C3C(=O)OC(=O)C3c3ccccc3C2C2CC(=O)OC2=O)cc1. The van der Waals surface area contributed by atoms with Crippen molar-refractivity contribution in [1.82, 2.24) is 0 Å².